The highest BCUT2D eigenvalue weighted by atomic mass is 32.1. The van der Waals surface area contributed by atoms with Gasteiger partial charge in [-0.05, 0) is 25.1 Å². The quantitative estimate of drug-likeness (QED) is 0.739. The number of carbonyl (C=O) groups excluding carboxylic acids is 2. The topological polar surface area (TPSA) is 98.1 Å². The molecule has 2 amide bonds. The molecule has 0 aliphatic carbocycles. The van der Waals surface area contributed by atoms with E-state index in [-0.39, 0.29) is 11.8 Å². The van der Waals surface area contributed by atoms with Crippen LogP contribution >= 0.6 is 11.3 Å². The Hall–Kier alpha value is -3.20. The summed E-state index contributed by atoms with van der Waals surface area (Å²) in [4.78, 5) is 28.5. The Morgan fingerprint density at radius 3 is 3.04 bits per heavy atom. The SMILES string of the molecule is CC1Oc2ccc(NC(=O)c3csc(-c4cnn(C)c4)n3)cc2NC1=O. The molecular formula is C17H15N5O3S. The van der Waals surface area contributed by atoms with Crippen molar-refractivity contribution in [3.05, 3.63) is 41.7 Å². The summed E-state index contributed by atoms with van der Waals surface area (Å²) in [6.07, 6.45) is 3.00. The number of nitrogens with zero attached hydrogens (tertiary/aromatic N) is 3. The number of thiazole rings is 1. The molecule has 26 heavy (non-hydrogen) atoms. The Morgan fingerprint density at radius 1 is 1.42 bits per heavy atom. The molecule has 2 N–H and O–H groups in total. The Bertz CT molecular complexity index is 1010. The third-order valence-corrected chi connectivity index (χ3v) is 4.75. The van der Waals surface area contributed by atoms with Gasteiger partial charge in [-0.15, -0.1) is 11.3 Å². The number of anilines is 2. The van der Waals surface area contributed by atoms with Gasteiger partial charge in [0.15, 0.2) is 6.10 Å². The molecular weight excluding hydrogens is 354 g/mol. The molecule has 0 saturated carbocycles. The lowest BCUT2D eigenvalue weighted by atomic mass is 10.2. The van der Waals surface area contributed by atoms with Crippen LogP contribution in [0.2, 0.25) is 0 Å². The third-order valence-electron chi connectivity index (χ3n) is 3.86. The number of hydrogen-bond donors (Lipinski definition) is 2. The van der Waals surface area contributed by atoms with Gasteiger partial charge in [0.25, 0.3) is 11.8 Å². The van der Waals surface area contributed by atoms with Crippen molar-refractivity contribution in [2.75, 3.05) is 10.6 Å². The van der Waals surface area contributed by atoms with Crippen molar-refractivity contribution < 1.29 is 14.3 Å². The predicted octanol–water partition coefficient (Wildman–Crippen LogP) is 2.52. The lowest BCUT2D eigenvalue weighted by Crippen LogP contribution is -2.34. The number of ether oxygens (including phenoxy) is 1. The summed E-state index contributed by atoms with van der Waals surface area (Å²) in [7, 11) is 1.82. The average molecular weight is 369 g/mol. The molecule has 3 heterocycles. The largest absolute Gasteiger partial charge is 0.479 e. The molecule has 1 unspecified atom stereocenters. The maximum Gasteiger partial charge on any atom is 0.275 e. The van der Waals surface area contributed by atoms with E-state index in [2.05, 4.69) is 20.7 Å². The smallest absolute Gasteiger partial charge is 0.275 e. The third kappa shape index (κ3) is 3.04. The fourth-order valence-corrected chi connectivity index (χ4v) is 3.30. The predicted molar refractivity (Wildman–Crippen MR) is 97.4 cm³/mol. The van der Waals surface area contributed by atoms with Gasteiger partial charge in [-0.25, -0.2) is 4.98 Å². The number of aromatic nitrogens is 3. The van der Waals surface area contributed by atoms with E-state index in [0.29, 0.717) is 22.8 Å². The first-order valence-corrected chi connectivity index (χ1v) is 8.75. The van der Waals surface area contributed by atoms with Crippen LogP contribution in [0.5, 0.6) is 5.75 Å². The normalized spacial score (nSPS) is 15.8. The highest BCUT2D eigenvalue weighted by Gasteiger charge is 2.24. The number of hydrogen-bond acceptors (Lipinski definition) is 6. The average Bonchev–Trinajstić information content (AvgIpc) is 3.25. The van der Waals surface area contributed by atoms with Crippen LogP contribution in [-0.2, 0) is 11.8 Å². The fourth-order valence-electron chi connectivity index (χ4n) is 2.52. The van der Waals surface area contributed by atoms with Crippen molar-refractivity contribution in [1.29, 1.82) is 0 Å². The van der Waals surface area contributed by atoms with Gasteiger partial charge in [0.1, 0.15) is 16.5 Å². The second-order valence-corrected chi connectivity index (χ2v) is 6.71. The fraction of sp³-hybridized carbons (Fsp3) is 0.176. The number of aryl methyl sites for hydroxylation is 1. The maximum absolute atomic E-state index is 12.4. The van der Waals surface area contributed by atoms with Crippen LogP contribution in [0.1, 0.15) is 17.4 Å². The Morgan fingerprint density at radius 2 is 2.27 bits per heavy atom. The van der Waals surface area contributed by atoms with Crippen LogP contribution in [-0.4, -0.2) is 32.7 Å². The minimum Gasteiger partial charge on any atom is -0.479 e. The molecule has 1 aliphatic heterocycles. The molecule has 3 aromatic rings. The van der Waals surface area contributed by atoms with Gasteiger partial charge < -0.3 is 15.4 Å². The molecule has 1 atom stereocenters. The van der Waals surface area contributed by atoms with Crippen LogP contribution in [0, 0.1) is 0 Å². The van der Waals surface area contributed by atoms with Crippen molar-refractivity contribution in [2.24, 2.45) is 7.05 Å². The molecule has 0 fully saturated rings. The molecule has 0 bridgehead atoms. The summed E-state index contributed by atoms with van der Waals surface area (Å²) in [5, 5.41) is 12.1. The first kappa shape index (κ1) is 16.3. The standard InChI is InChI=1S/C17H15N5O3S/c1-9-15(23)20-12-5-11(3-4-14(12)25-9)19-16(24)13-8-26-17(21-13)10-6-18-22(2)7-10/h3-9H,1-2H3,(H,19,24)(H,20,23). The van der Waals surface area contributed by atoms with Crippen molar-refractivity contribution in [3.8, 4) is 16.3 Å². The summed E-state index contributed by atoms with van der Waals surface area (Å²) in [6, 6.07) is 5.09. The highest BCUT2D eigenvalue weighted by molar-refractivity contribution is 7.13. The van der Waals surface area contributed by atoms with Gasteiger partial charge >= 0.3 is 0 Å². The number of fused-ring (bicyclic) bond motifs is 1. The van der Waals surface area contributed by atoms with E-state index in [4.69, 9.17) is 4.74 Å². The summed E-state index contributed by atoms with van der Waals surface area (Å²) >= 11 is 1.38. The lowest BCUT2D eigenvalue weighted by molar-refractivity contribution is -0.122. The van der Waals surface area contributed by atoms with Gasteiger partial charge in [-0.2, -0.15) is 5.10 Å². The van der Waals surface area contributed by atoms with E-state index < -0.39 is 6.10 Å². The summed E-state index contributed by atoms with van der Waals surface area (Å²) in [5.74, 6) is 0.0250. The van der Waals surface area contributed by atoms with Crippen molar-refractivity contribution in [2.45, 2.75) is 13.0 Å². The zero-order valence-electron chi connectivity index (χ0n) is 14.0. The Kier molecular flexibility index (Phi) is 3.92. The molecule has 0 radical (unpaired) electrons. The number of carbonyl (C=O) groups is 2. The highest BCUT2D eigenvalue weighted by Crippen LogP contribution is 2.32. The van der Waals surface area contributed by atoms with Crippen molar-refractivity contribution in [3.63, 3.8) is 0 Å². The molecule has 4 rings (SSSR count). The summed E-state index contributed by atoms with van der Waals surface area (Å²) in [5.41, 5.74) is 2.25. The molecule has 0 spiro atoms. The van der Waals surface area contributed by atoms with E-state index in [9.17, 15) is 9.59 Å². The van der Waals surface area contributed by atoms with E-state index >= 15 is 0 Å². The zero-order chi connectivity index (χ0) is 18.3. The van der Waals surface area contributed by atoms with Gasteiger partial charge in [-0.3, -0.25) is 14.3 Å². The molecule has 0 saturated heterocycles. The van der Waals surface area contributed by atoms with Crippen LogP contribution < -0.4 is 15.4 Å². The van der Waals surface area contributed by atoms with Gasteiger partial charge in [0.05, 0.1) is 11.9 Å². The monoisotopic (exact) mass is 369 g/mol. The van der Waals surface area contributed by atoms with Crippen molar-refractivity contribution >= 4 is 34.5 Å². The minimum absolute atomic E-state index is 0.221. The first-order valence-electron chi connectivity index (χ1n) is 7.87. The number of nitrogens with one attached hydrogen (secondary N) is 2. The maximum atomic E-state index is 12.4. The first-order chi connectivity index (χ1) is 12.5. The van der Waals surface area contributed by atoms with Crippen LogP contribution in [0.3, 0.4) is 0 Å². The number of benzene rings is 1. The molecule has 9 heteroatoms. The van der Waals surface area contributed by atoms with E-state index in [0.717, 1.165) is 10.6 Å². The zero-order valence-corrected chi connectivity index (χ0v) is 14.8. The second-order valence-electron chi connectivity index (χ2n) is 5.85. The molecule has 8 nitrogen and oxygen atoms in total. The van der Waals surface area contributed by atoms with Gasteiger partial charge in [-0.1, -0.05) is 0 Å². The van der Waals surface area contributed by atoms with E-state index in [1.807, 2.05) is 13.2 Å². The molecule has 2 aromatic heterocycles. The van der Waals surface area contributed by atoms with Gasteiger partial charge in [0.2, 0.25) is 0 Å². The summed E-state index contributed by atoms with van der Waals surface area (Å²) < 4.78 is 7.18. The lowest BCUT2D eigenvalue weighted by Gasteiger charge is -2.23. The van der Waals surface area contributed by atoms with Crippen molar-refractivity contribution in [1.82, 2.24) is 14.8 Å². The van der Waals surface area contributed by atoms with Crippen LogP contribution in [0.25, 0.3) is 10.6 Å². The number of rotatable bonds is 3. The second kappa shape index (κ2) is 6.26. The number of amides is 2. The molecule has 132 valence electrons. The Labute approximate surface area is 152 Å². The van der Waals surface area contributed by atoms with Crippen LogP contribution in [0.15, 0.2) is 36.0 Å². The van der Waals surface area contributed by atoms with E-state index in [1.54, 1.807) is 41.4 Å². The molecule has 1 aliphatic rings. The van der Waals surface area contributed by atoms with Crippen LogP contribution in [0.4, 0.5) is 11.4 Å². The summed E-state index contributed by atoms with van der Waals surface area (Å²) in [6.45, 7) is 1.68. The Balaban J connectivity index is 1.51. The van der Waals surface area contributed by atoms with E-state index in [1.165, 1.54) is 11.3 Å². The molecule has 1 aromatic carbocycles. The minimum atomic E-state index is -0.538. The van der Waals surface area contributed by atoms with Gasteiger partial charge in [0, 0.05) is 29.9 Å².